The SMILES string of the molecule is CCCC(C)(C)C.CCCC(NC(C)=O)C(O)C(=O)NCC(=O)O. The molecule has 0 fully saturated rings. The average molecular weight is 346 g/mol. The molecule has 142 valence electrons. The number of nitrogens with one attached hydrogen (secondary N) is 2. The van der Waals surface area contributed by atoms with Gasteiger partial charge in [0.1, 0.15) is 6.54 Å². The molecule has 0 aromatic carbocycles. The Morgan fingerprint density at radius 2 is 1.62 bits per heavy atom. The van der Waals surface area contributed by atoms with Crippen molar-refractivity contribution in [2.24, 2.45) is 5.41 Å². The molecule has 7 nitrogen and oxygen atoms in total. The third-order valence-electron chi connectivity index (χ3n) is 3.05. The summed E-state index contributed by atoms with van der Waals surface area (Å²) in [5.41, 5.74) is 0.550. The van der Waals surface area contributed by atoms with Gasteiger partial charge in [-0.1, -0.05) is 47.5 Å². The van der Waals surface area contributed by atoms with Crippen molar-refractivity contribution in [3.05, 3.63) is 0 Å². The van der Waals surface area contributed by atoms with Crippen LogP contribution in [0.15, 0.2) is 0 Å². The summed E-state index contributed by atoms with van der Waals surface area (Å²) < 4.78 is 0. The van der Waals surface area contributed by atoms with Crippen molar-refractivity contribution in [3.8, 4) is 0 Å². The van der Waals surface area contributed by atoms with Crippen LogP contribution in [0.3, 0.4) is 0 Å². The summed E-state index contributed by atoms with van der Waals surface area (Å²) in [5.74, 6) is -2.36. The number of hydrogen-bond donors (Lipinski definition) is 4. The molecule has 0 radical (unpaired) electrons. The van der Waals surface area contributed by atoms with Gasteiger partial charge in [-0.05, 0) is 18.3 Å². The minimum Gasteiger partial charge on any atom is -0.480 e. The number of carboxylic acids is 1. The van der Waals surface area contributed by atoms with E-state index < -0.39 is 30.6 Å². The van der Waals surface area contributed by atoms with Crippen molar-refractivity contribution in [3.63, 3.8) is 0 Å². The number of amides is 2. The zero-order chi connectivity index (χ0) is 19.3. The van der Waals surface area contributed by atoms with Crippen LogP contribution in [-0.4, -0.2) is 46.7 Å². The lowest BCUT2D eigenvalue weighted by molar-refractivity contribution is -0.140. The fourth-order valence-electron chi connectivity index (χ4n) is 2.08. The first-order chi connectivity index (χ1) is 10.9. The first kappa shape index (κ1) is 24.6. The summed E-state index contributed by atoms with van der Waals surface area (Å²) >= 11 is 0. The van der Waals surface area contributed by atoms with E-state index in [1.807, 2.05) is 6.92 Å². The zero-order valence-corrected chi connectivity index (χ0v) is 15.8. The Morgan fingerprint density at radius 1 is 1.08 bits per heavy atom. The van der Waals surface area contributed by atoms with Gasteiger partial charge in [0.25, 0.3) is 5.91 Å². The fourth-order valence-corrected chi connectivity index (χ4v) is 2.08. The highest BCUT2D eigenvalue weighted by Crippen LogP contribution is 2.19. The average Bonchev–Trinajstić information content (AvgIpc) is 2.42. The molecule has 0 heterocycles. The van der Waals surface area contributed by atoms with E-state index in [4.69, 9.17) is 5.11 Å². The highest BCUT2D eigenvalue weighted by atomic mass is 16.4. The lowest BCUT2D eigenvalue weighted by atomic mass is 9.91. The van der Waals surface area contributed by atoms with Crippen molar-refractivity contribution in [2.75, 3.05) is 6.54 Å². The topological polar surface area (TPSA) is 116 Å². The molecule has 0 aliphatic carbocycles. The minimum absolute atomic E-state index is 0.353. The van der Waals surface area contributed by atoms with Crippen molar-refractivity contribution < 1.29 is 24.6 Å². The second kappa shape index (κ2) is 12.8. The predicted octanol–water partition coefficient (Wildman–Crippen LogP) is 1.69. The number of carbonyl (C=O) groups is 3. The number of hydrogen-bond acceptors (Lipinski definition) is 4. The molecule has 0 rings (SSSR count). The van der Waals surface area contributed by atoms with Crippen LogP contribution in [0.5, 0.6) is 0 Å². The summed E-state index contributed by atoms with van der Waals surface area (Å²) in [5, 5.41) is 22.5. The summed E-state index contributed by atoms with van der Waals surface area (Å²) in [4.78, 5) is 32.5. The summed E-state index contributed by atoms with van der Waals surface area (Å²) in [6.07, 6.45) is 2.31. The van der Waals surface area contributed by atoms with E-state index in [1.165, 1.54) is 19.8 Å². The lowest BCUT2D eigenvalue weighted by Crippen LogP contribution is -2.50. The van der Waals surface area contributed by atoms with E-state index in [-0.39, 0.29) is 5.91 Å². The molecule has 2 amide bonds. The highest BCUT2D eigenvalue weighted by Gasteiger charge is 2.26. The van der Waals surface area contributed by atoms with Crippen molar-refractivity contribution in [1.29, 1.82) is 0 Å². The van der Waals surface area contributed by atoms with Gasteiger partial charge in [0.15, 0.2) is 6.10 Å². The first-order valence-electron chi connectivity index (χ1n) is 8.39. The normalized spacial score (nSPS) is 13.1. The molecule has 2 unspecified atom stereocenters. The quantitative estimate of drug-likeness (QED) is 0.534. The Kier molecular flexibility index (Phi) is 13.1. The molecule has 0 saturated carbocycles. The molecule has 4 N–H and O–H groups in total. The monoisotopic (exact) mass is 346 g/mol. The van der Waals surface area contributed by atoms with Crippen LogP contribution in [0, 0.1) is 5.41 Å². The zero-order valence-electron chi connectivity index (χ0n) is 15.8. The van der Waals surface area contributed by atoms with Gasteiger partial charge < -0.3 is 20.8 Å². The van der Waals surface area contributed by atoms with Crippen LogP contribution in [0.1, 0.15) is 67.2 Å². The Bertz CT molecular complexity index is 391. The molecule has 0 aliphatic rings. The molecular formula is C17H34N2O5. The number of aliphatic hydroxyl groups is 1. The van der Waals surface area contributed by atoms with Gasteiger partial charge in [-0.25, -0.2) is 0 Å². The summed E-state index contributed by atoms with van der Waals surface area (Å²) in [6.45, 7) is 11.6. The van der Waals surface area contributed by atoms with E-state index in [0.29, 0.717) is 18.3 Å². The Balaban J connectivity index is 0. The standard InChI is InChI=1S/C10H18N2O5.C7H16/c1-3-4-7(12-6(2)13)9(16)10(17)11-5-8(14)15;1-5-6-7(2,3)4/h7,9,16H,3-5H2,1-2H3,(H,11,17)(H,12,13)(H,14,15);5-6H2,1-4H3. The molecule has 0 spiro atoms. The van der Waals surface area contributed by atoms with Gasteiger partial charge in [-0.15, -0.1) is 0 Å². The molecule has 0 saturated heterocycles. The summed E-state index contributed by atoms with van der Waals surface area (Å²) in [6, 6.07) is -0.703. The van der Waals surface area contributed by atoms with E-state index in [9.17, 15) is 19.5 Å². The highest BCUT2D eigenvalue weighted by molar-refractivity contribution is 5.85. The third kappa shape index (κ3) is 15.3. The molecular weight excluding hydrogens is 312 g/mol. The van der Waals surface area contributed by atoms with Gasteiger partial charge in [-0.3, -0.25) is 14.4 Å². The molecule has 0 bridgehead atoms. The van der Waals surface area contributed by atoms with Crippen LogP contribution < -0.4 is 10.6 Å². The fraction of sp³-hybridized carbons (Fsp3) is 0.824. The predicted molar refractivity (Wildman–Crippen MR) is 93.5 cm³/mol. The van der Waals surface area contributed by atoms with Crippen molar-refractivity contribution in [1.82, 2.24) is 10.6 Å². The Hall–Kier alpha value is -1.63. The maximum Gasteiger partial charge on any atom is 0.322 e. The summed E-state index contributed by atoms with van der Waals surface area (Å²) in [7, 11) is 0. The van der Waals surface area contributed by atoms with Gasteiger partial charge in [0.2, 0.25) is 5.91 Å². The third-order valence-corrected chi connectivity index (χ3v) is 3.05. The van der Waals surface area contributed by atoms with Crippen molar-refractivity contribution >= 4 is 17.8 Å². The molecule has 0 aromatic rings. The van der Waals surface area contributed by atoms with Crippen LogP contribution in [0.4, 0.5) is 0 Å². The van der Waals surface area contributed by atoms with Gasteiger partial charge in [0, 0.05) is 6.92 Å². The van der Waals surface area contributed by atoms with Gasteiger partial charge in [0.05, 0.1) is 6.04 Å². The van der Waals surface area contributed by atoms with E-state index in [1.54, 1.807) is 0 Å². The Morgan fingerprint density at radius 3 is 1.92 bits per heavy atom. The van der Waals surface area contributed by atoms with E-state index >= 15 is 0 Å². The van der Waals surface area contributed by atoms with E-state index in [2.05, 4.69) is 38.3 Å². The van der Waals surface area contributed by atoms with Crippen LogP contribution in [-0.2, 0) is 14.4 Å². The molecule has 0 aromatic heterocycles. The molecule has 0 aliphatic heterocycles. The number of carboxylic acid groups (broad SMARTS) is 1. The largest absolute Gasteiger partial charge is 0.480 e. The second-order valence-corrected chi connectivity index (χ2v) is 6.96. The maximum absolute atomic E-state index is 11.4. The second-order valence-electron chi connectivity index (χ2n) is 6.96. The number of aliphatic carboxylic acids is 1. The molecule has 7 heteroatoms. The van der Waals surface area contributed by atoms with Crippen LogP contribution in [0.2, 0.25) is 0 Å². The maximum atomic E-state index is 11.4. The number of rotatable bonds is 8. The number of carbonyl (C=O) groups excluding carboxylic acids is 2. The smallest absolute Gasteiger partial charge is 0.322 e. The minimum atomic E-state index is -1.45. The van der Waals surface area contributed by atoms with Gasteiger partial charge in [-0.2, -0.15) is 0 Å². The van der Waals surface area contributed by atoms with Crippen LogP contribution >= 0.6 is 0 Å². The van der Waals surface area contributed by atoms with Gasteiger partial charge >= 0.3 is 5.97 Å². The Labute approximate surface area is 145 Å². The van der Waals surface area contributed by atoms with Crippen molar-refractivity contribution in [2.45, 2.75) is 79.4 Å². The number of aliphatic hydroxyl groups excluding tert-OH is 1. The molecule has 24 heavy (non-hydrogen) atoms. The van der Waals surface area contributed by atoms with Crippen LogP contribution in [0.25, 0.3) is 0 Å². The first-order valence-corrected chi connectivity index (χ1v) is 8.39. The van der Waals surface area contributed by atoms with E-state index in [0.717, 1.165) is 0 Å². The lowest BCUT2D eigenvalue weighted by Gasteiger charge is -2.22. The molecule has 2 atom stereocenters.